The first-order chi connectivity index (χ1) is 7.52. The van der Waals surface area contributed by atoms with Crippen LogP contribution in [0.1, 0.15) is 34.1 Å². The first-order valence-electron chi connectivity index (χ1n) is 6.41. The molecule has 1 saturated heterocycles. The second-order valence-electron chi connectivity index (χ2n) is 5.56. The number of nitrogens with zero attached hydrogens (tertiary/aromatic N) is 2. The predicted molar refractivity (Wildman–Crippen MR) is 67.1 cm³/mol. The van der Waals surface area contributed by atoms with Crippen LogP contribution < -0.4 is 5.32 Å². The van der Waals surface area contributed by atoms with Gasteiger partial charge in [-0.05, 0) is 38.6 Å². The molecule has 1 aliphatic rings. The van der Waals surface area contributed by atoms with E-state index in [0.717, 1.165) is 31.5 Å². The number of nitrogens with one attached hydrogen (secondary N) is 1. The van der Waals surface area contributed by atoms with Gasteiger partial charge in [0.15, 0.2) is 0 Å². The minimum Gasteiger partial charge on any atom is -0.300 e. The Morgan fingerprint density at radius 1 is 1.38 bits per heavy atom. The van der Waals surface area contributed by atoms with E-state index in [2.05, 4.69) is 44.0 Å². The van der Waals surface area contributed by atoms with E-state index in [4.69, 9.17) is 5.26 Å². The Balaban J connectivity index is 2.35. The molecule has 0 aromatic carbocycles. The lowest BCUT2D eigenvalue weighted by Gasteiger charge is -2.22. The molecule has 2 unspecified atom stereocenters. The molecule has 1 heterocycles. The zero-order valence-electron chi connectivity index (χ0n) is 11.0. The zero-order valence-corrected chi connectivity index (χ0v) is 11.0. The van der Waals surface area contributed by atoms with Gasteiger partial charge in [0, 0.05) is 19.1 Å². The van der Waals surface area contributed by atoms with E-state index in [0.29, 0.717) is 6.04 Å². The molecule has 3 heteroatoms. The number of rotatable bonds is 5. The van der Waals surface area contributed by atoms with E-state index in [1.54, 1.807) is 0 Å². The van der Waals surface area contributed by atoms with E-state index in [-0.39, 0.29) is 6.04 Å². The predicted octanol–water partition coefficient (Wildman–Crippen LogP) is 1.85. The van der Waals surface area contributed by atoms with E-state index in [1.807, 2.05) is 0 Å². The Morgan fingerprint density at radius 3 is 2.50 bits per heavy atom. The monoisotopic (exact) mass is 223 g/mol. The molecule has 1 N–H and O–H groups in total. The summed E-state index contributed by atoms with van der Waals surface area (Å²) in [4.78, 5) is 2.42. The molecule has 92 valence electrons. The van der Waals surface area contributed by atoms with Gasteiger partial charge in [-0.1, -0.05) is 13.8 Å². The van der Waals surface area contributed by atoms with Gasteiger partial charge in [-0.2, -0.15) is 5.26 Å². The van der Waals surface area contributed by atoms with Crippen molar-refractivity contribution >= 4 is 0 Å². The van der Waals surface area contributed by atoms with Crippen molar-refractivity contribution in [1.29, 1.82) is 5.26 Å². The lowest BCUT2D eigenvalue weighted by Crippen LogP contribution is -2.42. The van der Waals surface area contributed by atoms with Crippen molar-refractivity contribution in [3.8, 4) is 6.07 Å². The van der Waals surface area contributed by atoms with Crippen molar-refractivity contribution < 1.29 is 0 Å². The molecule has 0 spiro atoms. The van der Waals surface area contributed by atoms with Crippen molar-refractivity contribution in [2.24, 2.45) is 11.8 Å². The van der Waals surface area contributed by atoms with Crippen LogP contribution >= 0.6 is 0 Å². The molecule has 3 nitrogen and oxygen atoms in total. The van der Waals surface area contributed by atoms with Crippen molar-refractivity contribution in [3.63, 3.8) is 0 Å². The van der Waals surface area contributed by atoms with Gasteiger partial charge in [-0.3, -0.25) is 5.32 Å². The topological polar surface area (TPSA) is 39.1 Å². The van der Waals surface area contributed by atoms with E-state index in [9.17, 15) is 0 Å². The largest absolute Gasteiger partial charge is 0.300 e. The Bertz CT molecular complexity index is 242. The maximum atomic E-state index is 9.07. The SMILES string of the molecule is CC(C)NC(C#N)CN1CCC(C(C)C)C1. The molecule has 0 radical (unpaired) electrons. The van der Waals surface area contributed by atoms with Gasteiger partial charge in [0.1, 0.15) is 6.04 Å². The number of hydrogen-bond donors (Lipinski definition) is 1. The third-order valence-electron chi connectivity index (χ3n) is 3.38. The Morgan fingerprint density at radius 2 is 2.06 bits per heavy atom. The fourth-order valence-corrected chi connectivity index (χ4v) is 2.36. The van der Waals surface area contributed by atoms with Gasteiger partial charge in [0.05, 0.1) is 6.07 Å². The number of likely N-dealkylation sites (tertiary alicyclic amines) is 1. The number of nitriles is 1. The lowest BCUT2D eigenvalue weighted by atomic mass is 9.95. The van der Waals surface area contributed by atoms with Crippen LogP contribution in [0.25, 0.3) is 0 Å². The summed E-state index contributed by atoms with van der Waals surface area (Å²) in [6, 6.07) is 2.71. The highest BCUT2D eigenvalue weighted by Gasteiger charge is 2.26. The van der Waals surface area contributed by atoms with Gasteiger partial charge in [-0.25, -0.2) is 0 Å². The highest BCUT2D eigenvalue weighted by Crippen LogP contribution is 2.23. The molecular formula is C13H25N3. The Hall–Kier alpha value is -0.590. The molecule has 0 saturated carbocycles. The second kappa shape index (κ2) is 6.22. The quantitative estimate of drug-likeness (QED) is 0.773. The zero-order chi connectivity index (χ0) is 12.1. The molecular weight excluding hydrogens is 198 g/mol. The smallest absolute Gasteiger partial charge is 0.108 e. The van der Waals surface area contributed by atoms with E-state index in [1.165, 1.54) is 6.42 Å². The summed E-state index contributed by atoms with van der Waals surface area (Å²) < 4.78 is 0. The highest BCUT2D eigenvalue weighted by molar-refractivity contribution is 4.94. The highest BCUT2D eigenvalue weighted by atomic mass is 15.2. The molecule has 1 aliphatic heterocycles. The summed E-state index contributed by atoms with van der Waals surface area (Å²) in [6.07, 6.45) is 1.29. The average molecular weight is 223 g/mol. The second-order valence-corrected chi connectivity index (χ2v) is 5.56. The Labute approximate surface area is 99.8 Å². The van der Waals surface area contributed by atoms with Crippen molar-refractivity contribution in [2.45, 2.75) is 46.2 Å². The van der Waals surface area contributed by atoms with Crippen LogP contribution in [0.2, 0.25) is 0 Å². The first-order valence-corrected chi connectivity index (χ1v) is 6.41. The summed E-state index contributed by atoms with van der Waals surface area (Å²) in [5, 5.41) is 12.4. The summed E-state index contributed by atoms with van der Waals surface area (Å²) >= 11 is 0. The molecule has 1 fully saturated rings. The summed E-state index contributed by atoms with van der Waals surface area (Å²) in [5.41, 5.74) is 0. The van der Waals surface area contributed by atoms with Crippen LogP contribution in [-0.2, 0) is 0 Å². The fourth-order valence-electron chi connectivity index (χ4n) is 2.36. The number of hydrogen-bond acceptors (Lipinski definition) is 3. The molecule has 0 aromatic rings. The van der Waals surface area contributed by atoms with Crippen molar-refractivity contribution in [3.05, 3.63) is 0 Å². The van der Waals surface area contributed by atoms with Crippen LogP contribution in [-0.4, -0.2) is 36.6 Å². The van der Waals surface area contributed by atoms with E-state index < -0.39 is 0 Å². The van der Waals surface area contributed by atoms with Crippen molar-refractivity contribution in [2.75, 3.05) is 19.6 Å². The molecule has 0 amide bonds. The minimum atomic E-state index is -0.0223. The normalized spacial score (nSPS) is 23.9. The van der Waals surface area contributed by atoms with Crippen LogP contribution in [0, 0.1) is 23.2 Å². The van der Waals surface area contributed by atoms with Gasteiger partial charge in [-0.15, -0.1) is 0 Å². The minimum absolute atomic E-state index is 0.0223. The third kappa shape index (κ3) is 4.11. The summed E-state index contributed by atoms with van der Waals surface area (Å²) in [5.74, 6) is 1.59. The molecule has 0 aromatic heterocycles. The molecule has 16 heavy (non-hydrogen) atoms. The van der Waals surface area contributed by atoms with Crippen molar-refractivity contribution in [1.82, 2.24) is 10.2 Å². The summed E-state index contributed by atoms with van der Waals surface area (Å²) in [6.45, 7) is 12.0. The standard InChI is InChI=1S/C13H25N3/c1-10(2)12-5-6-16(8-12)9-13(7-14)15-11(3)4/h10-13,15H,5-6,8-9H2,1-4H3. The summed E-state index contributed by atoms with van der Waals surface area (Å²) in [7, 11) is 0. The first kappa shape index (κ1) is 13.5. The lowest BCUT2D eigenvalue weighted by molar-refractivity contribution is 0.281. The maximum absolute atomic E-state index is 9.07. The van der Waals surface area contributed by atoms with Gasteiger partial charge < -0.3 is 4.90 Å². The maximum Gasteiger partial charge on any atom is 0.108 e. The molecule has 2 atom stereocenters. The van der Waals surface area contributed by atoms with Crippen LogP contribution in [0.5, 0.6) is 0 Å². The van der Waals surface area contributed by atoms with Gasteiger partial charge >= 0.3 is 0 Å². The molecule has 0 bridgehead atoms. The van der Waals surface area contributed by atoms with E-state index >= 15 is 0 Å². The third-order valence-corrected chi connectivity index (χ3v) is 3.38. The average Bonchev–Trinajstić information content (AvgIpc) is 2.64. The fraction of sp³-hybridized carbons (Fsp3) is 0.923. The molecule has 1 rings (SSSR count). The van der Waals surface area contributed by atoms with Crippen LogP contribution in [0.3, 0.4) is 0 Å². The van der Waals surface area contributed by atoms with Gasteiger partial charge in [0.25, 0.3) is 0 Å². The van der Waals surface area contributed by atoms with Crippen LogP contribution in [0.15, 0.2) is 0 Å². The van der Waals surface area contributed by atoms with Crippen LogP contribution in [0.4, 0.5) is 0 Å². The van der Waals surface area contributed by atoms with Gasteiger partial charge in [0.2, 0.25) is 0 Å². The Kier molecular flexibility index (Phi) is 5.24. The molecule has 0 aliphatic carbocycles.